The van der Waals surface area contributed by atoms with Gasteiger partial charge in [0, 0.05) is 6.42 Å². The first-order valence-electron chi connectivity index (χ1n) is 6.65. The van der Waals surface area contributed by atoms with Crippen molar-refractivity contribution in [2.75, 3.05) is 0 Å². The van der Waals surface area contributed by atoms with Gasteiger partial charge in [0.2, 0.25) is 0 Å². The highest BCUT2D eigenvalue weighted by molar-refractivity contribution is 5.90. The van der Waals surface area contributed by atoms with Crippen LogP contribution in [0.3, 0.4) is 0 Å². The lowest BCUT2D eigenvalue weighted by Gasteiger charge is -2.41. The van der Waals surface area contributed by atoms with Gasteiger partial charge in [0.15, 0.2) is 5.78 Å². The van der Waals surface area contributed by atoms with Crippen LogP contribution >= 0.6 is 0 Å². The molecule has 3 nitrogen and oxygen atoms in total. The van der Waals surface area contributed by atoms with Crippen LogP contribution in [0.25, 0.3) is 0 Å². The van der Waals surface area contributed by atoms with Gasteiger partial charge >= 0.3 is 0 Å². The van der Waals surface area contributed by atoms with Gasteiger partial charge in [-0.25, -0.2) is 9.78 Å². The third kappa shape index (κ3) is 2.90. The maximum atomic E-state index is 11.8. The molecule has 4 atom stereocenters. The normalized spacial score (nSPS) is 31.8. The molecule has 0 aromatic heterocycles. The van der Waals surface area contributed by atoms with Crippen LogP contribution in [-0.2, 0) is 14.6 Å². The van der Waals surface area contributed by atoms with Crippen molar-refractivity contribution < 1.29 is 14.6 Å². The highest BCUT2D eigenvalue weighted by Gasteiger charge is 2.40. The van der Waals surface area contributed by atoms with E-state index in [2.05, 4.69) is 19.9 Å². The van der Waals surface area contributed by atoms with Gasteiger partial charge in [-0.1, -0.05) is 18.6 Å². The smallest absolute Gasteiger partial charge is 0.155 e. The van der Waals surface area contributed by atoms with Crippen LogP contribution in [-0.4, -0.2) is 18.0 Å². The quantitative estimate of drug-likeness (QED) is 0.436. The summed E-state index contributed by atoms with van der Waals surface area (Å²) in [6.07, 6.45) is 5.54. The van der Waals surface area contributed by atoms with Crippen molar-refractivity contribution in [2.45, 2.75) is 52.7 Å². The SMILES string of the molecule is CC(C)=CC(=O)C[C@@H](C)C1C[C@@H]2OO[C@H]1C=C2C. The van der Waals surface area contributed by atoms with E-state index in [1.807, 2.05) is 13.8 Å². The molecular weight excluding hydrogens is 228 g/mol. The molecule has 0 radical (unpaired) electrons. The number of carbonyl (C=O) groups excluding carboxylic acids is 1. The third-order valence-electron chi connectivity index (χ3n) is 3.83. The first kappa shape index (κ1) is 13.5. The molecule has 1 unspecified atom stereocenters. The van der Waals surface area contributed by atoms with Crippen molar-refractivity contribution in [1.29, 1.82) is 0 Å². The lowest BCUT2D eigenvalue weighted by Crippen LogP contribution is -2.43. The summed E-state index contributed by atoms with van der Waals surface area (Å²) < 4.78 is 0. The molecule has 0 amide bonds. The van der Waals surface area contributed by atoms with Crippen LogP contribution in [0.4, 0.5) is 0 Å². The Labute approximate surface area is 109 Å². The van der Waals surface area contributed by atoms with Crippen LogP contribution in [0.1, 0.15) is 40.5 Å². The summed E-state index contributed by atoms with van der Waals surface area (Å²) in [5, 5.41) is 0. The van der Waals surface area contributed by atoms with E-state index in [1.165, 1.54) is 5.57 Å². The lowest BCUT2D eigenvalue weighted by molar-refractivity contribution is -0.380. The monoisotopic (exact) mass is 250 g/mol. The lowest BCUT2D eigenvalue weighted by atomic mass is 9.76. The summed E-state index contributed by atoms with van der Waals surface area (Å²) in [6.45, 7) is 8.12. The number of ketones is 1. The molecule has 0 aromatic rings. The van der Waals surface area contributed by atoms with Crippen molar-refractivity contribution in [2.24, 2.45) is 11.8 Å². The molecule has 1 aliphatic carbocycles. The average molecular weight is 250 g/mol. The predicted octanol–water partition coefficient (Wildman–Crippen LogP) is 3.21. The first-order chi connectivity index (χ1) is 8.47. The van der Waals surface area contributed by atoms with Crippen LogP contribution in [0.2, 0.25) is 0 Å². The Balaban J connectivity index is 1.97. The third-order valence-corrected chi connectivity index (χ3v) is 3.83. The van der Waals surface area contributed by atoms with E-state index in [1.54, 1.807) is 6.08 Å². The fourth-order valence-electron chi connectivity index (χ4n) is 2.81. The second-order valence-electron chi connectivity index (χ2n) is 5.83. The van der Waals surface area contributed by atoms with Crippen molar-refractivity contribution in [3.63, 3.8) is 0 Å². The molecular formula is C15H22O3. The van der Waals surface area contributed by atoms with Crippen molar-refractivity contribution in [3.8, 4) is 0 Å². The zero-order chi connectivity index (χ0) is 13.3. The fourth-order valence-corrected chi connectivity index (χ4v) is 2.81. The molecule has 2 aliphatic heterocycles. The summed E-state index contributed by atoms with van der Waals surface area (Å²) in [6, 6.07) is 0. The van der Waals surface area contributed by atoms with E-state index in [0.717, 1.165) is 12.0 Å². The molecule has 3 heteroatoms. The highest BCUT2D eigenvalue weighted by atomic mass is 17.2. The van der Waals surface area contributed by atoms with E-state index in [4.69, 9.17) is 9.78 Å². The molecule has 3 aliphatic rings. The van der Waals surface area contributed by atoms with Gasteiger partial charge in [-0.3, -0.25) is 4.79 Å². The van der Waals surface area contributed by atoms with E-state index >= 15 is 0 Å². The minimum Gasteiger partial charge on any atom is -0.295 e. The van der Waals surface area contributed by atoms with Crippen molar-refractivity contribution >= 4 is 5.78 Å². The van der Waals surface area contributed by atoms with Gasteiger partial charge in [0.1, 0.15) is 12.2 Å². The fraction of sp³-hybridized carbons (Fsp3) is 0.667. The number of hydrogen-bond donors (Lipinski definition) is 0. The van der Waals surface area contributed by atoms with E-state index in [-0.39, 0.29) is 18.0 Å². The Morgan fingerprint density at radius 3 is 2.72 bits per heavy atom. The highest BCUT2D eigenvalue weighted by Crippen LogP contribution is 2.39. The summed E-state index contributed by atoms with van der Waals surface area (Å²) in [5.74, 6) is 0.932. The minimum absolute atomic E-state index is 0.0181. The summed E-state index contributed by atoms with van der Waals surface area (Å²) in [4.78, 5) is 22.4. The Hall–Kier alpha value is -0.930. The topological polar surface area (TPSA) is 35.5 Å². The molecule has 0 saturated carbocycles. The Morgan fingerprint density at radius 1 is 1.50 bits per heavy atom. The number of hydrogen-bond acceptors (Lipinski definition) is 3. The standard InChI is InChI=1S/C15H22O3/c1-9(2)5-12(16)6-10(3)13-8-14-11(4)7-15(13)18-17-14/h5,7,10,13-15H,6,8H2,1-4H3/t10-,13?,14+,15+/m1/s1. The van der Waals surface area contributed by atoms with Gasteiger partial charge in [-0.15, -0.1) is 0 Å². The van der Waals surface area contributed by atoms with Crippen LogP contribution in [0.5, 0.6) is 0 Å². The Morgan fingerprint density at radius 2 is 2.22 bits per heavy atom. The summed E-state index contributed by atoms with van der Waals surface area (Å²) in [5.41, 5.74) is 2.32. The number of rotatable bonds is 4. The van der Waals surface area contributed by atoms with Gasteiger partial charge in [-0.05, 0) is 50.7 Å². The Kier molecular flexibility index (Phi) is 4.03. The molecule has 1 fully saturated rings. The molecule has 2 bridgehead atoms. The van der Waals surface area contributed by atoms with Gasteiger partial charge in [0.25, 0.3) is 0 Å². The summed E-state index contributed by atoms with van der Waals surface area (Å²) >= 11 is 0. The zero-order valence-corrected chi connectivity index (χ0v) is 11.6. The predicted molar refractivity (Wildman–Crippen MR) is 69.8 cm³/mol. The summed E-state index contributed by atoms with van der Waals surface area (Å²) in [7, 11) is 0. The molecule has 0 N–H and O–H groups in total. The second-order valence-corrected chi connectivity index (χ2v) is 5.83. The van der Waals surface area contributed by atoms with Gasteiger partial charge < -0.3 is 0 Å². The molecule has 18 heavy (non-hydrogen) atoms. The zero-order valence-electron chi connectivity index (χ0n) is 11.6. The van der Waals surface area contributed by atoms with E-state index in [9.17, 15) is 4.79 Å². The minimum atomic E-state index is 0.0181. The average Bonchev–Trinajstić information content (AvgIpc) is 2.28. The van der Waals surface area contributed by atoms with Gasteiger partial charge in [-0.2, -0.15) is 0 Å². The molecule has 100 valence electrons. The molecule has 1 saturated heterocycles. The number of allylic oxidation sites excluding steroid dienone is 2. The van der Waals surface area contributed by atoms with E-state index in [0.29, 0.717) is 18.3 Å². The first-order valence-corrected chi connectivity index (χ1v) is 6.65. The van der Waals surface area contributed by atoms with Crippen LogP contribution < -0.4 is 0 Å². The number of fused-ring (bicyclic) bond motifs is 2. The second kappa shape index (κ2) is 5.37. The largest absolute Gasteiger partial charge is 0.295 e. The number of carbonyl (C=O) groups is 1. The van der Waals surface area contributed by atoms with E-state index < -0.39 is 0 Å². The maximum Gasteiger partial charge on any atom is 0.155 e. The van der Waals surface area contributed by atoms with Crippen molar-refractivity contribution in [1.82, 2.24) is 0 Å². The Bertz CT molecular complexity index is 391. The molecule has 0 spiro atoms. The molecule has 3 rings (SSSR count). The van der Waals surface area contributed by atoms with Crippen LogP contribution in [0.15, 0.2) is 23.3 Å². The van der Waals surface area contributed by atoms with Crippen LogP contribution in [0, 0.1) is 11.8 Å². The molecule has 0 aromatic carbocycles. The van der Waals surface area contributed by atoms with Gasteiger partial charge in [0.05, 0.1) is 0 Å². The molecule has 2 heterocycles. The van der Waals surface area contributed by atoms with Crippen molar-refractivity contribution in [3.05, 3.63) is 23.3 Å². The maximum absolute atomic E-state index is 11.8.